The molecule has 1 atom stereocenters. The first-order valence-corrected chi connectivity index (χ1v) is 6.59. The van der Waals surface area contributed by atoms with Crippen molar-refractivity contribution in [2.45, 2.75) is 38.8 Å². The van der Waals surface area contributed by atoms with Crippen LogP contribution in [-0.4, -0.2) is 26.0 Å². The molecule has 1 aromatic heterocycles. The third kappa shape index (κ3) is 3.39. The summed E-state index contributed by atoms with van der Waals surface area (Å²) in [6.45, 7) is 2.74. The molecule has 1 N–H and O–H groups in total. The summed E-state index contributed by atoms with van der Waals surface area (Å²) < 4.78 is 28.3. The van der Waals surface area contributed by atoms with Gasteiger partial charge in [-0.2, -0.15) is 5.10 Å². The minimum atomic E-state index is -0.901. The average Bonchev–Trinajstić information content (AvgIpc) is 2.83. The molecule has 0 saturated carbocycles. The molecule has 0 spiro atoms. The van der Waals surface area contributed by atoms with Crippen LogP contribution >= 0.6 is 0 Å². The first kappa shape index (κ1) is 14.6. The number of aliphatic hydroxyl groups is 1. The molecular formula is C14H17F2N3O. The molecule has 0 amide bonds. The van der Waals surface area contributed by atoms with Gasteiger partial charge in [-0.15, -0.1) is 0 Å². The van der Waals surface area contributed by atoms with Crippen LogP contribution in [0.2, 0.25) is 0 Å². The number of aliphatic hydroxyl groups excluding tert-OH is 1. The Morgan fingerprint density at radius 3 is 2.85 bits per heavy atom. The Morgan fingerprint density at radius 1 is 1.30 bits per heavy atom. The average molecular weight is 281 g/mol. The lowest BCUT2D eigenvalue weighted by Crippen LogP contribution is -2.18. The summed E-state index contributed by atoms with van der Waals surface area (Å²) in [6.07, 6.45) is 1.82. The maximum Gasteiger partial charge on any atom is 0.162 e. The van der Waals surface area contributed by atoms with Crippen LogP contribution < -0.4 is 0 Å². The van der Waals surface area contributed by atoms with Gasteiger partial charge in [-0.25, -0.2) is 13.8 Å². The van der Waals surface area contributed by atoms with Gasteiger partial charge in [0.1, 0.15) is 12.2 Å². The quantitative estimate of drug-likeness (QED) is 0.882. The molecule has 20 heavy (non-hydrogen) atoms. The predicted molar refractivity (Wildman–Crippen MR) is 70.1 cm³/mol. The number of nitrogens with zero attached hydrogens (tertiary/aromatic N) is 3. The van der Waals surface area contributed by atoms with Gasteiger partial charge in [0.25, 0.3) is 0 Å². The van der Waals surface area contributed by atoms with E-state index in [1.807, 2.05) is 6.92 Å². The molecule has 2 aromatic rings. The van der Waals surface area contributed by atoms with Crippen LogP contribution in [0.5, 0.6) is 0 Å². The van der Waals surface area contributed by atoms with Crippen LogP contribution in [0.15, 0.2) is 24.5 Å². The molecule has 108 valence electrons. The van der Waals surface area contributed by atoms with E-state index in [0.29, 0.717) is 5.82 Å². The lowest BCUT2D eigenvalue weighted by Gasteiger charge is -2.12. The molecule has 1 heterocycles. The van der Waals surface area contributed by atoms with Crippen LogP contribution in [0.4, 0.5) is 8.78 Å². The predicted octanol–water partition coefficient (Wildman–Crippen LogP) is 2.11. The molecule has 1 unspecified atom stereocenters. The largest absolute Gasteiger partial charge is 0.392 e. The Hall–Kier alpha value is -1.82. The molecule has 1 aromatic carbocycles. The molecule has 4 nitrogen and oxygen atoms in total. The van der Waals surface area contributed by atoms with Crippen molar-refractivity contribution in [1.29, 1.82) is 0 Å². The molecule has 0 bridgehead atoms. The number of hydrogen-bond acceptors (Lipinski definition) is 3. The van der Waals surface area contributed by atoms with E-state index in [0.717, 1.165) is 19.0 Å². The summed E-state index contributed by atoms with van der Waals surface area (Å²) in [7, 11) is 0. The second-order valence-electron chi connectivity index (χ2n) is 4.67. The van der Waals surface area contributed by atoms with Crippen molar-refractivity contribution in [3.63, 3.8) is 0 Å². The smallest absolute Gasteiger partial charge is 0.162 e. The molecule has 0 fully saturated rings. The van der Waals surface area contributed by atoms with Crippen molar-refractivity contribution in [3.05, 3.63) is 47.5 Å². The number of rotatable bonds is 6. The van der Waals surface area contributed by atoms with Gasteiger partial charge in [0.15, 0.2) is 11.6 Å². The molecule has 0 aliphatic rings. The second kappa shape index (κ2) is 6.56. The number of benzene rings is 1. The van der Waals surface area contributed by atoms with Crippen molar-refractivity contribution in [3.8, 4) is 0 Å². The molecule has 6 heteroatoms. The standard InChI is InChI=1S/C14H17F2N3O/c1-2-6-19-13(17-9-18-19)8-11(20)7-10-4-3-5-12(15)14(10)16/h3-5,9,11,20H,2,6-8H2,1H3. The molecule has 2 rings (SSSR count). The molecule has 0 aliphatic carbocycles. The summed E-state index contributed by atoms with van der Waals surface area (Å²) in [5.74, 6) is -1.15. The summed E-state index contributed by atoms with van der Waals surface area (Å²) in [5, 5.41) is 14.1. The molecule has 0 aliphatic heterocycles. The van der Waals surface area contributed by atoms with Gasteiger partial charge >= 0.3 is 0 Å². The molecule has 0 saturated heterocycles. The van der Waals surface area contributed by atoms with Crippen LogP contribution in [0.3, 0.4) is 0 Å². The minimum Gasteiger partial charge on any atom is -0.392 e. The van der Waals surface area contributed by atoms with Crippen molar-refractivity contribution < 1.29 is 13.9 Å². The topological polar surface area (TPSA) is 50.9 Å². The van der Waals surface area contributed by atoms with E-state index in [2.05, 4.69) is 10.1 Å². The van der Waals surface area contributed by atoms with E-state index in [-0.39, 0.29) is 18.4 Å². The maximum atomic E-state index is 13.5. The maximum absolute atomic E-state index is 13.5. The summed E-state index contributed by atoms with van der Waals surface area (Å²) in [6, 6.07) is 3.96. The summed E-state index contributed by atoms with van der Waals surface area (Å²) in [5.41, 5.74) is 0.166. The normalized spacial score (nSPS) is 12.6. The number of aromatic nitrogens is 3. The number of hydrogen-bond donors (Lipinski definition) is 1. The Bertz CT molecular complexity index is 571. The van der Waals surface area contributed by atoms with Crippen molar-refractivity contribution in [2.75, 3.05) is 0 Å². The monoisotopic (exact) mass is 281 g/mol. The van der Waals surface area contributed by atoms with Gasteiger partial charge in [-0.1, -0.05) is 19.1 Å². The SMILES string of the molecule is CCCn1ncnc1CC(O)Cc1cccc(F)c1F. The molecule has 0 radical (unpaired) electrons. The van der Waals surface area contributed by atoms with Gasteiger partial charge in [-0.3, -0.25) is 4.68 Å². The van der Waals surface area contributed by atoms with Crippen LogP contribution in [-0.2, 0) is 19.4 Å². The van der Waals surface area contributed by atoms with E-state index in [4.69, 9.17) is 0 Å². The number of halogens is 2. The third-order valence-electron chi connectivity index (χ3n) is 3.04. The summed E-state index contributed by atoms with van der Waals surface area (Å²) >= 11 is 0. The van der Waals surface area contributed by atoms with E-state index < -0.39 is 17.7 Å². The van der Waals surface area contributed by atoms with Crippen LogP contribution in [0.1, 0.15) is 24.7 Å². The van der Waals surface area contributed by atoms with Crippen LogP contribution in [0.25, 0.3) is 0 Å². The zero-order valence-electron chi connectivity index (χ0n) is 11.3. The zero-order chi connectivity index (χ0) is 14.5. The lowest BCUT2D eigenvalue weighted by molar-refractivity contribution is 0.169. The van der Waals surface area contributed by atoms with Gasteiger partial charge in [0.05, 0.1) is 6.10 Å². The Kier molecular flexibility index (Phi) is 4.79. The van der Waals surface area contributed by atoms with E-state index in [1.54, 1.807) is 4.68 Å². The van der Waals surface area contributed by atoms with E-state index in [9.17, 15) is 13.9 Å². The van der Waals surface area contributed by atoms with Gasteiger partial charge in [0, 0.05) is 19.4 Å². The van der Waals surface area contributed by atoms with E-state index in [1.165, 1.54) is 18.5 Å². The van der Waals surface area contributed by atoms with Gasteiger partial charge in [-0.05, 0) is 18.1 Å². The highest BCUT2D eigenvalue weighted by atomic mass is 19.2. The highest BCUT2D eigenvalue weighted by Gasteiger charge is 2.15. The van der Waals surface area contributed by atoms with E-state index >= 15 is 0 Å². The van der Waals surface area contributed by atoms with Crippen molar-refractivity contribution in [1.82, 2.24) is 14.8 Å². The molecular weight excluding hydrogens is 264 g/mol. The fraction of sp³-hybridized carbons (Fsp3) is 0.429. The van der Waals surface area contributed by atoms with Crippen molar-refractivity contribution in [2.24, 2.45) is 0 Å². The lowest BCUT2D eigenvalue weighted by atomic mass is 10.0. The highest BCUT2D eigenvalue weighted by molar-refractivity contribution is 5.19. The Morgan fingerprint density at radius 2 is 2.10 bits per heavy atom. The summed E-state index contributed by atoms with van der Waals surface area (Å²) in [4.78, 5) is 4.08. The highest BCUT2D eigenvalue weighted by Crippen LogP contribution is 2.14. The number of aryl methyl sites for hydroxylation is 1. The Labute approximate surface area is 116 Å². The Balaban J connectivity index is 2.03. The second-order valence-corrected chi connectivity index (χ2v) is 4.67. The third-order valence-corrected chi connectivity index (χ3v) is 3.04. The van der Waals surface area contributed by atoms with Gasteiger partial charge in [0.2, 0.25) is 0 Å². The van der Waals surface area contributed by atoms with Crippen LogP contribution in [0, 0.1) is 11.6 Å². The zero-order valence-corrected chi connectivity index (χ0v) is 11.3. The first-order valence-electron chi connectivity index (χ1n) is 6.59. The fourth-order valence-electron chi connectivity index (χ4n) is 2.09. The first-order chi connectivity index (χ1) is 9.61. The van der Waals surface area contributed by atoms with Crippen molar-refractivity contribution >= 4 is 0 Å². The minimum absolute atomic E-state index is 0.0442. The fourth-order valence-corrected chi connectivity index (χ4v) is 2.09. The van der Waals surface area contributed by atoms with Gasteiger partial charge < -0.3 is 5.11 Å².